The van der Waals surface area contributed by atoms with Crippen molar-refractivity contribution in [3.63, 3.8) is 0 Å². The zero-order chi connectivity index (χ0) is 20.1. The van der Waals surface area contributed by atoms with E-state index in [9.17, 15) is 9.59 Å². The van der Waals surface area contributed by atoms with Crippen LogP contribution in [0.25, 0.3) is 0 Å². The second kappa shape index (κ2) is 9.01. The lowest BCUT2D eigenvalue weighted by Gasteiger charge is -2.30. The van der Waals surface area contributed by atoms with Gasteiger partial charge in [-0.05, 0) is 32.4 Å². The number of hydrogen-bond acceptors (Lipinski definition) is 7. The summed E-state index contributed by atoms with van der Waals surface area (Å²) in [5.41, 5.74) is 1.54. The Morgan fingerprint density at radius 3 is 2.22 bits per heavy atom. The molecule has 27 heavy (non-hydrogen) atoms. The standard InChI is InChI=1S/C18H19Cl2NO6/c1-5-25-18(23)27-16-10(3)21-9(2)15(26-17(22)24-4)13(16)11-7-6-8-12(19)14(11)20/h6-8,13,21H,5H2,1-4H3. The monoisotopic (exact) mass is 415 g/mol. The Bertz CT molecular complexity index is 818. The third-order valence-corrected chi connectivity index (χ3v) is 4.58. The van der Waals surface area contributed by atoms with Crippen LogP contribution < -0.4 is 5.32 Å². The van der Waals surface area contributed by atoms with Crippen molar-refractivity contribution in [3.8, 4) is 0 Å². The third kappa shape index (κ3) is 4.67. The first-order valence-electron chi connectivity index (χ1n) is 8.03. The lowest BCUT2D eigenvalue weighted by atomic mass is 9.90. The van der Waals surface area contributed by atoms with Crippen LogP contribution in [0.3, 0.4) is 0 Å². The quantitative estimate of drug-likeness (QED) is 0.684. The van der Waals surface area contributed by atoms with Gasteiger partial charge in [0.15, 0.2) is 0 Å². The lowest BCUT2D eigenvalue weighted by Crippen LogP contribution is -2.29. The second-order valence-electron chi connectivity index (χ2n) is 5.52. The summed E-state index contributed by atoms with van der Waals surface area (Å²) in [6.07, 6.45) is -1.82. The van der Waals surface area contributed by atoms with E-state index >= 15 is 0 Å². The van der Waals surface area contributed by atoms with E-state index < -0.39 is 18.2 Å². The molecule has 1 N–H and O–H groups in total. The molecule has 2 rings (SSSR count). The molecule has 0 amide bonds. The van der Waals surface area contributed by atoms with Crippen molar-refractivity contribution in [3.05, 3.63) is 56.7 Å². The van der Waals surface area contributed by atoms with E-state index in [-0.39, 0.29) is 23.1 Å². The number of ether oxygens (including phenoxy) is 4. The van der Waals surface area contributed by atoms with E-state index in [1.807, 2.05) is 0 Å². The van der Waals surface area contributed by atoms with E-state index in [4.69, 9.17) is 37.4 Å². The minimum atomic E-state index is -0.927. The van der Waals surface area contributed by atoms with Gasteiger partial charge in [-0.2, -0.15) is 0 Å². The second-order valence-corrected chi connectivity index (χ2v) is 6.31. The van der Waals surface area contributed by atoms with Gasteiger partial charge in [-0.15, -0.1) is 0 Å². The predicted octanol–water partition coefficient (Wildman–Crippen LogP) is 5.10. The number of allylic oxidation sites excluding steroid dienone is 2. The Labute approximate surface area is 166 Å². The fourth-order valence-corrected chi connectivity index (χ4v) is 3.04. The highest BCUT2D eigenvalue weighted by atomic mass is 35.5. The van der Waals surface area contributed by atoms with Crippen molar-refractivity contribution in [1.29, 1.82) is 0 Å². The highest BCUT2D eigenvalue weighted by Crippen LogP contribution is 2.43. The number of methoxy groups -OCH3 is 1. The maximum atomic E-state index is 11.9. The van der Waals surface area contributed by atoms with Crippen molar-refractivity contribution in [2.24, 2.45) is 0 Å². The largest absolute Gasteiger partial charge is 0.513 e. The van der Waals surface area contributed by atoms with Crippen LogP contribution in [0.15, 0.2) is 41.1 Å². The van der Waals surface area contributed by atoms with Crippen LogP contribution in [0.5, 0.6) is 0 Å². The van der Waals surface area contributed by atoms with Gasteiger partial charge in [0.1, 0.15) is 17.4 Å². The molecule has 0 saturated carbocycles. The number of hydrogen-bond donors (Lipinski definition) is 1. The zero-order valence-electron chi connectivity index (χ0n) is 15.2. The molecule has 0 saturated heterocycles. The van der Waals surface area contributed by atoms with Crippen LogP contribution in [0.1, 0.15) is 32.3 Å². The summed E-state index contributed by atoms with van der Waals surface area (Å²) >= 11 is 12.5. The number of benzene rings is 1. The van der Waals surface area contributed by atoms with Crippen molar-refractivity contribution in [2.75, 3.05) is 13.7 Å². The Balaban J connectivity index is 2.59. The Hall–Kier alpha value is -2.38. The topological polar surface area (TPSA) is 83.1 Å². The third-order valence-electron chi connectivity index (χ3n) is 3.75. The summed E-state index contributed by atoms with van der Waals surface area (Å²) in [6, 6.07) is 5.00. The number of carbonyl (C=O) groups excluding carboxylic acids is 2. The summed E-state index contributed by atoms with van der Waals surface area (Å²) in [5, 5.41) is 3.55. The molecule has 0 spiro atoms. The smallest absolute Gasteiger partial charge is 0.437 e. The summed E-state index contributed by atoms with van der Waals surface area (Å²) in [4.78, 5) is 23.7. The van der Waals surface area contributed by atoms with Gasteiger partial charge in [0.25, 0.3) is 0 Å². The molecule has 0 aromatic heterocycles. The summed E-state index contributed by atoms with van der Waals surface area (Å²) in [5.74, 6) is -0.487. The van der Waals surface area contributed by atoms with E-state index in [2.05, 4.69) is 10.1 Å². The molecule has 1 aliphatic heterocycles. The molecule has 0 bridgehead atoms. The van der Waals surface area contributed by atoms with Gasteiger partial charge in [0.2, 0.25) is 0 Å². The Morgan fingerprint density at radius 1 is 1.07 bits per heavy atom. The number of halogens is 2. The zero-order valence-corrected chi connectivity index (χ0v) is 16.7. The number of rotatable bonds is 4. The predicted molar refractivity (Wildman–Crippen MR) is 99.3 cm³/mol. The molecular formula is C18H19Cl2NO6. The summed E-state index contributed by atoms with van der Waals surface area (Å²) in [6.45, 7) is 5.21. The van der Waals surface area contributed by atoms with Crippen molar-refractivity contribution in [1.82, 2.24) is 5.32 Å². The fraction of sp³-hybridized carbons (Fsp3) is 0.333. The van der Waals surface area contributed by atoms with Gasteiger partial charge >= 0.3 is 12.3 Å². The fourth-order valence-electron chi connectivity index (χ4n) is 2.62. The van der Waals surface area contributed by atoms with E-state index in [1.54, 1.807) is 39.0 Å². The van der Waals surface area contributed by atoms with Crippen LogP contribution in [0.4, 0.5) is 9.59 Å². The first-order chi connectivity index (χ1) is 12.8. The minimum Gasteiger partial charge on any atom is -0.437 e. The average Bonchev–Trinajstić information content (AvgIpc) is 2.62. The van der Waals surface area contributed by atoms with Gasteiger partial charge < -0.3 is 24.3 Å². The van der Waals surface area contributed by atoms with E-state index in [1.165, 1.54) is 7.11 Å². The van der Waals surface area contributed by atoms with Gasteiger partial charge in [-0.3, -0.25) is 0 Å². The number of carbonyl (C=O) groups is 2. The van der Waals surface area contributed by atoms with Crippen LogP contribution in [-0.2, 0) is 18.9 Å². The molecule has 0 aliphatic carbocycles. The lowest BCUT2D eigenvalue weighted by molar-refractivity contribution is 0.0696. The van der Waals surface area contributed by atoms with Crippen LogP contribution in [-0.4, -0.2) is 26.0 Å². The van der Waals surface area contributed by atoms with Crippen molar-refractivity contribution in [2.45, 2.75) is 26.7 Å². The molecule has 7 nitrogen and oxygen atoms in total. The molecule has 1 unspecified atom stereocenters. The summed E-state index contributed by atoms with van der Waals surface area (Å²) < 4.78 is 20.2. The molecule has 146 valence electrons. The molecule has 1 heterocycles. The molecule has 0 fully saturated rings. The van der Waals surface area contributed by atoms with E-state index in [0.29, 0.717) is 22.0 Å². The highest BCUT2D eigenvalue weighted by molar-refractivity contribution is 6.42. The highest BCUT2D eigenvalue weighted by Gasteiger charge is 2.37. The minimum absolute atomic E-state index is 0.140. The molecule has 1 atom stereocenters. The summed E-state index contributed by atoms with van der Waals surface area (Å²) in [7, 11) is 1.19. The molecule has 1 aliphatic rings. The molecule has 1 aromatic rings. The number of nitrogens with one attached hydrogen (secondary N) is 1. The van der Waals surface area contributed by atoms with Crippen LogP contribution >= 0.6 is 23.2 Å². The Kier molecular flexibility index (Phi) is 6.98. The average molecular weight is 416 g/mol. The number of dihydropyridines is 1. The molecule has 0 radical (unpaired) electrons. The maximum Gasteiger partial charge on any atom is 0.513 e. The van der Waals surface area contributed by atoms with Crippen LogP contribution in [0, 0.1) is 0 Å². The Morgan fingerprint density at radius 2 is 1.67 bits per heavy atom. The normalized spacial score (nSPS) is 16.6. The van der Waals surface area contributed by atoms with Crippen molar-refractivity contribution >= 4 is 35.5 Å². The molecular weight excluding hydrogens is 397 g/mol. The first kappa shape index (κ1) is 20.9. The SMILES string of the molecule is CCOC(=O)OC1=C(C)NC(C)=C(OC(=O)OC)C1c1cccc(Cl)c1Cl. The van der Waals surface area contributed by atoms with Crippen LogP contribution in [0.2, 0.25) is 10.0 Å². The molecule has 1 aromatic carbocycles. The van der Waals surface area contributed by atoms with E-state index in [0.717, 1.165) is 0 Å². The molecule has 9 heteroatoms. The van der Waals surface area contributed by atoms with Gasteiger partial charge in [0.05, 0.1) is 35.2 Å². The van der Waals surface area contributed by atoms with Gasteiger partial charge in [-0.1, -0.05) is 35.3 Å². The first-order valence-corrected chi connectivity index (χ1v) is 8.78. The van der Waals surface area contributed by atoms with Gasteiger partial charge in [-0.25, -0.2) is 9.59 Å². The van der Waals surface area contributed by atoms with Crippen molar-refractivity contribution < 1.29 is 28.5 Å². The van der Waals surface area contributed by atoms with Gasteiger partial charge in [0, 0.05) is 0 Å². The maximum absolute atomic E-state index is 11.9.